The van der Waals surface area contributed by atoms with E-state index in [-0.39, 0.29) is 5.70 Å². The number of alkyl carbamates (subject to hydrolysis) is 1. The van der Waals surface area contributed by atoms with Crippen molar-refractivity contribution in [3.8, 4) is 0 Å². The number of carbonyl (C=O) groups excluding carboxylic acids is 2. The lowest BCUT2D eigenvalue weighted by molar-refractivity contribution is -0.142. The molecule has 0 saturated carbocycles. The predicted molar refractivity (Wildman–Crippen MR) is 71.6 cm³/mol. The predicted octanol–water partition coefficient (Wildman–Crippen LogP) is 0.943. The van der Waals surface area contributed by atoms with Crippen LogP contribution in [0, 0.1) is 0 Å². The fraction of sp³-hybridized carbons (Fsp3) is 0.583. The van der Waals surface area contributed by atoms with E-state index in [4.69, 9.17) is 10.5 Å². The molecule has 0 aromatic carbocycles. The molecule has 0 aromatic heterocycles. The molecule has 1 amide bonds. The molecule has 0 aliphatic rings. The number of nitrogens with one attached hydrogen (secondary N) is 1. The van der Waals surface area contributed by atoms with E-state index < -0.39 is 23.7 Å². The third-order valence-corrected chi connectivity index (χ3v) is 1.84. The number of ether oxygens (including phenoxy) is 2. The van der Waals surface area contributed by atoms with E-state index in [0.29, 0.717) is 0 Å². The van der Waals surface area contributed by atoms with Gasteiger partial charge in [0.2, 0.25) is 0 Å². The number of esters is 1. The van der Waals surface area contributed by atoms with Gasteiger partial charge in [-0.25, -0.2) is 9.59 Å². The van der Waals surface area contributed by atoms with Crippen molar-refractivity contribution in [1.29, 1.82) is 0 Å². The van der Waals surface area contributed by atoms with Crippen LogP contribution in [0.2, 0.25) is 0 Å². The molecule has 0 rings (SSSR count). The van der Waals surface area contributed by atoms with Gasteiger partial charge in [0.05, 0.1) is 12.8 Å². The van der Waals surface area contributed by atoms with E-state index in [1.165, 1.54) is 13.3 Å². The summed E-state index contributed by atoms with van der Waals surface area (Å²) in [6.07, 6.45) is 1.82. The minimum atomic E-state index is -1.11. The number of amides is 1. The summed E-state index contributed by atoms with van der Waals surface area (Å²) in [6.45, 7) is 6.79. The Hall–Kier alpha value is -2.05. The third-order valence-electron chi connectivity index (χ3n) is 1.84. The van der Waals surface area contributed by atoms with Gasteiger partial charge in [-0.1, -0.05) is 0 Å². The van der Waals surface area contributed by atoms with Gasteiger partial charge >= 0.3 is 12.1 Å². The van der Waals surface area contributed by atoms with Gasteiger partial charge in [0.25, 0.3) is 0 Å². The topological polar surface area (TPSA) is 103 Å². The number of rotatable bonds is 4. The van der Waals surface area contributed by atoms with E-state index in [1.54, 1.807) is 27.7 Å². The highest BCUT2D eigenvalue weighted by atomic mass is 16.6. The second kappa shape index (κ2) is 7.40. The number of carbonyl (C=O) groups is 2. The summed E-state index contributed by atoms with van der Waals surface area (Å²) in [5.74, 6) is -0.687. The van der Waals surface area contributed by atoms with Gasteiger partial charge in [0.15, 0.2) is 6.04 Å². The smallest absolute Gasteiger partial charge is 0.408 e. The Kier molecular flexibility index (Phi) is 6.60. The van der Waals surface area contributed by atoms with E-state index in [2.05, 4.69) is 15.0 Å². The maximum atomic E-state index is 11.7. The minimum absolute atomic E-state index is 0.167. The second-order valence-electron chi connectivity index (χ2n) is 4.58. The van der Waals surface area contributed by atoms with Crippen molar-refractivity contribution in [2.45, 2.75) is 39.3 Å². The first-order chi connectivity index (χ1) is 8.75. The van der Waals surface area contributed by atoms with Crippen LogP contribution in [0.4, 0.5) is 4.79 Å². The zero-order chi connectivity index (χ0) is 15.1. The lowest BCUT2D eigenvalue weighted by Crippen LogP contribution is -2.45. The molecule has 0 spiro atoms. The molecule has 0 aliphatic heterocycles. The summed E-state index contributed by atoms with van der Waals surface area (Å²) in [6, 6.07) is -1.11. The molecule has 3 N–H and O–H groups in total. The van der Waals surface area contributed by atoms with Crippen molar-refractivity contribution >= 4 is 18.3 Å². The van der Waals surface area contributed by atoms with Crippen molar-refractivity contribution in [1.82, 2.24) is 5.32 Å². The summed E-state index contributed by atoms with van der Waals surface area (Å²) in [5, 5.41) is 2.36. The lowest BCUT2D eigenvalue weighted by atomic mass is 10.2. The minimum Gasteiger partial charge on any atom is -0.467 e. The molecule has 0 saturated heterocycles. The van der Waals surface area contributed by atoms with Gasteiger partial charge in [-0.2, -0.15) is 0 Å². The Balaban J connectivity index is 4.99. The molecule has 1 unspecified atom stereocenters. The standard InChI is InChI=1S/C12H21N3O4/c1-6-14-8(7-13)9(10(16)18-5)15-11(17)19-12(2,3)4/h6-7,9H,13H2,1-5H3,(H,15,17)/b8-7-,14-6?. The van der Waals surface area contributed by atoms with Crippen LogP contribution in [-0.4, -0.2) is 37.0 Å². The summed E-state index contributed by atoms with van der Waals surface area (Å²) in [4.78, 5) is 27.2. The fourth-order valence-electron chi connectivity index (χ4n) is 1.16. The normalized spacial score (nSPS) is 14.1. The average molecular weight is 271 g/mol. The average Bonchev–Trinajstić information content (AvgIpc) is 2.30. The summed E-state index contributed by atoms with van der Waals surface area (Å²) in [5.41, 5.74) is 4.87. The number of nitrogens with zero attached hydrogens (tertiary/aromatic N) is 1. The van der Waals surface area contributed by atoms with Crippen LogP contribution in [0.25, 0.3) is 0 Å². The van der Waals surface area contributed by atoms with Crippen molar-refractivity contribution in [2.75, 3.05) is 7.11 Å². The molecular weight excluding hydrogens is 250 g/mol. The number of hydrogen-bond donors (Lipinski definition) is 2. The number of nitrogens with two attached hydrogens (primary N) is 1. The quantitative estimate of drug-likeness (QED) is 0.585. The molecule has 0 aromatic rings. The van der Waals surface area contributed by atoms with Gasteiger partial charge in [0, 0.05) is 12.4 Å². The van der Waals surface area contributed by atoms with Crippen LogP contribution in [0.15, 0.2) is 16.9 Å². The first-order valence-corrected chi connectivity index (χ1v) is 5.73. The Morgan fingerprint density at radius 2 is 1.95 bits per heavy atom. The van der Waals surface area contributed by atoms with E-state index >= 15 is 0 Å². The molecule has 1 atom stereocenters. The Bertz CT molecular complexity index is 383. The molecule has 7 nitrogen and oxygen atoms in total. The van der Waals surface area contributed by atoms with Gasteiger partial charge in [0.1, 0.15) is 5.60 Å². The molecule has 0 aliphatic carbocycles. The van der Waals surface area contributed by atoms with Crippen molar-refractivity contribution in [2.24, 2.45) is 10.7 Å². The van der Waals surface area contributed by atoms with Crippen LogP contribution < -0.4 is 11.1 Å². The molecule has 0 bridgehead atoms. The molecule has 108 valence electrons. The van der Waals surface area contributed by atoms with E-state index in [1.807, 2.05) is 0 Å². The lowest BCUT2D eigenvalue weighted by Gasteiger charge is -2.22. The van der Waals surface area contributed by atoms with Crippen molar-refractivity contribution < 1.29 is 19.1 Å². The summed E-state index contributed by atoms with van der Waals surface area (Å²) >= 11 is 0. The highest BCUT2D eigenvalue weighted by Crippen LogP contribution is 2.09. The number of methoxy groups -OCH3 is 1. The van der Waals surface area contributed by atoms with Crippen LogP contribution in [0.5, 0.6) is 0 Å². The summed E-state index contributed by atoms with van der Waals surface area (Å²) < 4.78 is 9.65. The first-order valence-electron chi connectivity index (χ1n) is 5.73. The number of aliphatic imine (C=N–C) groups is 1. The van der Waals surface area contributed by atoms with E-state index in [9.17, 15) is 9.59 Å². The maximum absolute atomic E-state index is 11.7. The zero-order valence-corrected chi connectivity index (χ0v) is 11.9. The molecule has 0 heterocycles. The highest BCUT2D eigenvalue weighted by Gasteiger charge is 2.28. The van der Waals surface area contributed by atoms with Crippen LogP contribution in [-0.2, 0) is 14.3 Å². The van der Waals surface area contributed by atoms with Crippen LogP contribution >= 0.6 is 0 Å². The molecule has 7 heteroatoms. The Morgan fingerprint density at radius 3 is 2.32 bits per heavy atom. The van der Waals surface area contributed by atoms with E-state index in [0.717, 1.165) is 6.20 Å². The monoisotopic (exact) mass is 271 g/mol. The SMILES string of the molecule is CC=N/C(=C\N)C(NC(=O)OC(C)(C)C)C(=O)OC. The van der Waals surface area contributed by atoms with Crippen LogP contribution in [0.3, 0.4) is 0 Å². The van der Waals surface area contributed by atoms with Gasteiger partial charge < -0.3 is 20.5 Å². The summed E-state index contributed by atoms with van der Waals surface area (Å²) in [7, 11) is 1.20. The Morgan fingerprint density at radius 1 is 1.37 bits per heavy atom. The van der Waals surface area contributed by atoms with Gasteiger partial charge in [-0.15, -0.1) is 0 Å². The first kappa shape index (κ1) is 16.9. The molecule has 0 fully saturated rings. The molecule has 0 radical (unpaired) electrons. The van der Waals surface area contributed by atoms with Crippen LogP contribution in [0.1, 0.15) is 27.7 Å². The van der Waals surface area contributed by atoms with Gasteiger partial charge in [-0.05, 0) is 27.7 Å². The second-order valence-corrected chi connectivity index (χ2v) is 4.58. The third kappa shape index (κ3) is 6.44. The zero-order valence-electron chi connectivity index (χ0n) is 11.9. The van der Waals surface area contributed by atoms with Crippen molar-refractivity contribution in [3.05, 3.63) is 11.9 Å². The number of hydrogen-bond acceptors (Lipinski definition) is 6. The van der Waals surface area contributed by atoms with Crippen molar-refractivity contribution in [3.63, 3.8) is 0 Å². The van der Waals surface area contributed by atoms with Gasteiger partial charge in [-0.3, -0.25) is 4.99 Å². The largest absolute Gasteiger partial charge is 0.467 e. The molecule has 19 heavy (non-hydrogen) atoms. The highest BCUT2D eigenvalue weighted by molar-refractivity contribution is 5.84. The maximum Gasteiger partial charge on any atom is 0.408 e. The Labute approximate surface area is 112 Å². The fourth-order valence-corrected chi connectivity index (χ4v) is 1.16. The molecular formula is C12H21N3O4.